The Morgan fingerprint density at radius 2 is 1.82 bits per heavy atom. The van der Waals surface area contributed by atoms with Crippen LogP contribution in [0.25, 0.3) is 0 Å². The highest BCUT2D eigenvalue weighted by atomic mass is 16.3. The van der Waals surface area contributed by atoms with E-state index >= 15 is 0 Å². The van der Waals surface area contributed by atoms with Crippen LogP contribution in [0.2, 0.25) is 0 Å². The third kappa shape index (κ3) is 2.75. The van der Waals surface area contributed by atoms with Crippen molar-refractivity contribution < 1.29 is 39.3 Å². The summed E-state index contributed by atoms with van der Waals surface area (Å²) < 4.78 is 0. The summed E-state index contributed by atoms with van der Waals surface area (Å²) in [6, 6.07) is 3.41. The largest absolute Gasteiger partial charge is 0.507 e. The smallest absolute Gasteiger partial charge is 0.235 e. The molecule has 3 unspecified atom stereocenters. The number of ketones is 4. The minimum atomic E-state index is -2.89. The quantitative estimate of drug-likeness (QED) is 0.350. The number of phenolic OH excluding ortho intramolecular Hbond substituents is 1. The Hall–Kier alpha value is -3.17. The second-order valence-electron chi connectivity index (χ2n) is 9.46. The maximum absolute atomic E-state index is 13.5. The number of rotatable bonds is 2. The zero-order valence-electron chi connectivity index (χ0n) is 17.6. The minimum Gasteiger partial charge on any atom is -0.507 e. The summed E-state index contributed by atoms with van der Waals surface area (Å²) in [6.45, 7) is 0. The predicted molar refractivity (Wildman–Crippen MR) is 111 cm³/mol. The molecule has 1 amide bonds. The zero-order valence-corrected chi connectivity index (χ0v) is 17.6. The van der Waals surface area contributed by atoms with E-state index in [1.54, 1.807) is 12.1 Å². The average Bonchev–Trinajstić information content (AvgIpc) is 3.28. The van der Waals surface area contributed by atoms with Crippen molar-refractivity contribution in [3.05, 3.63) is 41.0 Å². The van der Waals surface area contributed by atoms with Gasteiger partial charge < -0.3 is 21.1 Å². The van der Waals surface area contributed by atoms with Gasteiger partial charge >= 0.3 is 0 Å². The summed E-state index contributed by atoms with van der Waals surface area (Å²) in [5.41, 5.74) is 3.21. The van der Waals surface area contributed by atoms with E-state index in [-0.39, 0.29) is 23.7 Å². The lowest BCUT2D eigenvalue weighted by molar-refractivity contribution is -0.188. The topological polar surface area (TPSA) is 172 Å². The van der Waals surface area contributed by atoms with Crippen LogP contribution in [0.4, 0.5) is 0 Å². The van der Waals surface area contributed by atoms with E-state index in [1.165, 1.54) is 0 Å². The van der Waals surface area contributed by atoms with Crippen LogP contribution in [0.15, 0.2) is 24.3 Å². The van der Waals surface area contributed by atoms with Gasteiger partial charge in [-0.2, -0.15) is 0 Å². The summed E-state index contributed by atoms with van der Waals surface area (Å²) >= 11 is 0. The van der Waals surface area contributed by atoms with Crippen LogP contribution >= 0.6 is 0 Å². The summed E-state index contributed by atoms with van der Waals surface area (Å²) in [4.78, 5) is 64.0. The molecule has 1 aromatic carbocycles. The van der Waals surface area contributed by atoms with Crippen molar-refractivity contribution in [1.82, 2.24) is 0 Å². The van der Waals surface area contributed by atoms with Crippen molar-refractivity contribution in [2.24, 2.45) is 29.4 Å². The maximum Gasteiger partial charge on any atom is 0.235 e. The fraction of sp³-hybridized carbons (Fsp3) is 0.458. The van der Waals surface area contributed by atoms with Gasteiger partial charge in [0.25, 0.3) is 0 Å². The van der Waals surface area contributed by atoms with E-state index in [2.05, 4.69) is 0 Å². The van der Waals surface area contributed by atoms with Crippen molar-refractivity contribution >= 4 is 29.0 Å². The molecule has 4 aliphatic rings. The monoisotopic (exact) mass is 453 g/mol. The fourth-order valence-corrected chi connectivity index (χ4v) is 6.16. The van der Waals surface area contributed by atoms with Gasteiger partial charge in [-0.05, 0) is 24.8 Å². The number of hydrogen-bond donors (Lipinski definition) is 4. The predicted octanol–water partition coefficient (Wildman–Crippen LogP) is -0.269. The molecule has 1 aromatic rings. The Balaban J connectivity index is 1.61. The Morgan fingerprint density at radius 3 is 2.45 bits per heavy atom. The fourth-order valence-electron chi connectivity index (χ4n) is 6.16. The number of aliphatic hydroxyl groups excluding tert-OH is 1. The van der Waals surface area contributed by atoms with Crippen LogP contribution in [0.5, 0.6) is 5.75 Å². The average molecular weight is 453 g/mol. The Morgan fingerprint density at radius 1 is 1.09 bits per heavy atom. The second-order valence-corrected chi connectivity index (χ2v) is 9.46. The Bertz CT molecular complexity index is 1170. The van der Waals surface area contributed by atoms with Gasteiger partial charge in [-0.15, -0.1) is 0 Å². The lowest BCUT2D eigenvalue weighted by atomic mass is 9.52. The van der Waals surface area contributed by atoms with Crippen molar-refractivity contribution in [3.63, 3.8) is 0 Å². The van der Waals surface area contributed by atoms with E-state index in [0.717, 1.165) is 12.8 Å². The number of carbonyl (C=O) groups is 5. The van der Waals surface area contributed by atoms with Gasteiger partial charge in [0.2, 0.25) is 5.91 Å². The molecule has 0 bridgehead atoms. The van der Waals surface area contributed by atoms with Gasteiger partial charge in [0.1, 0.15) is 5.75 Å². The number of fused-ring (bicyclic) bond motifs is 3. The molecule has 2 fully saturated rings. The van der Waals surface area contributed by atoms with Gasteiger partial charge in [-0.3, -0.25) is 24.0 Å². The molecule has 9 nitrogen and oxygen atoms in total. The summed E-state index contributed by atoms with van der Waals surface area (Å²) in [7, 11) is 0. The molecule has 172 valence electrons. The van der Waals surface area contributed by atoms with Crippen molar-refractivity contribution in [2.75, 3.05) is 0 Å². The lowest BCUT2D eigenvalue weighted by Gasteiger charge is -2.51. The van der Waals surface area contributed by atoms with E-state index in [0.29, 0.717) is 11.1 Å². The number of nitrogens with two attached hydrogens (primary N) is 1. The molecule has 0 radical (unpaired) electrons. The molecule has 33 heavy (non-hydrogen) atoms. The number of aliphatic hydroxyl groups is 2. The van der Waals surface area contributed by atoms with Crippen molar-refractivity contribution in [1.29, 1.82) is 0 Å². The van der Waals surface area contributed by atoms with Gasteiger partial charge in [-0.25, -0.2) is 0 Å². The molecule has 0 spiro atoms. The van der Waals surface area contributed by atoms with Crippen LogP contribution < -0.4 is 5.73 Å². The van der Waals surface area contributed by atoms with Crippen molar-refractivity contribution in [2.45, 2.75) is 43.3 Å². The number of phenols is 1. The van der Waals surface area contributed by atoms with Gasteiger partial charge in [0.05, 0.1) is 17.6 Å². The number of primary amides is 1. The molecule has 2 saturated carbocycles. The second kappa shape index (κ2) is 7.16. The maximum atomic E-state index is 13.5. The molecular formula is C24H23NO8. The zero-order chi connectivity index (χ0) is 23.8. The number of carbonyl (C=O) groups excluding carboxylic acids is 5. The highest BCUT2D eigenvalue weighted by molar-refractivity contribution is 6.31. The Kier molecular flexibility index (Phi) is 4.70. The summed E-state index contributed by atoms with van der Waals surface area (Å²) in [6.07, 6.45) is 3.43. The molecule has 0 aliphatic heterocycles. The van der Waals surface area contributed by atoms with Crippen LogP contribution in [0.1, 0.15) is 46.7 Å². The molecule has 0 heterocycles. The van der Waals surface area contributed by atoms with Crippen LogP contribution in [0, 0.1) is 23.7 Å². The normalized spacial score (nSPS) is 37.5. The first-order valence-electron chi connectivity index (χ1n) is 11.0. The van der Waals surface area contributed by atoms with E-state index < -0.39 is 70.8 Å². The molecule has 5 rings (SSSR count). The summed E-state index contributed by atoms with van der Waals surface area (Å²) in [5, 5.41) is 33.2. The van der Waals surface area contributed by atoms with Crippen molar-refractivity contribution in [3.8, 4) is 5.75 Å². The Labute approximate surface area is 188 Å². The van der Waals surface area contributed by atoms with E-state index in [4.69, 9.17) is 5.73 Å². The van der Waals surface area contributed by atoms with Gasteiger partial charge in [0, 0.05) is 29.7 Å². The third-order valence-corrected chi connectivity index (χ3v) is 7.83. The molecule has 7 atom stereocenters. The summed E-state index contributed by atoms with van der Waals surface area (Å²) in [5.74, 6) is -11.9. The molecule has 5 N–H and O–H groups in total. The van der Waals surface area contributed by atoms with Gasteiger partial charge in [-0.1, -0.05) is 24.3 Å². The number of Topliss-reactive ketones (excluding diaryl/α,β-unsaturated/α-hetero) is 4. The van der Waals surface area contributed by atoms with E-state index in [1.807, 2.05) is 12.2 Å². The molecule has 9 heteroatoms. The molecule has 4 aliphatic carbocycles. The lowest BCUT2D eigenvalue weighted by Crippen LogP contribution is -2.72. The van der Waals surface area contributed by atoms with Crippen LogP contribution in [0.3, 0.4) is 0 Å². The van der Waals surface area contributed by atoms with Gasteiger partial charge in [0.15, 0.2) is 34.7 Å². The number of benzene rings is 1. The molecule has 0 aromatic heterocycles. The number of amides is 1. The molecule has 0 saturated heterocycles. The van der Waals surface area contributed by atoms with Crippen LogP contribution in [-0.4, -0.2) is 56.1 Å². The first-order valence-corrected chi connectivity index (χ1v) is 11.0. The minimum absolute atomic E-state index is 0.0429. The molecular weight excluding hydrogens is 430 g/mol. The highest BCUT2D eigenvalue weighted by Crippen LogP contribution is 2.51. The highest BCUT2D eigenvalue weighted by Gasteiger charge is 2.69. The third-order valence-electron chi connectivity index (χ3n) is 7.83. The van der Waals surface area contributed by atoms with Crippen LogP contribution in [-0.2, 0) is 25.6 Å². The first kappa shape index (κ1) is 21.7. The number of allylic oxidation sites excluding steroid dienone is 2. The van der Waals surface area contributed by atoms with E-state index in [9.17, 15) is 39.3 Å². The standard InChI is InChI=1S/C24H23NO8/c25-23(32)17-14(26)8-13-18(27)12-7-10-5-6-11(9-3-1-2-4-9)19(28)15(10)20(29)16(12)21(30)24(13,33)22(17)31/h1,3,5-6,9,12-13,16-18,27-28,33H,2,4,7-8H2,(H2,25,32)/t9?,12-,13-,16?,17?,18+,24+/m1/s1. The first-order chi connectivity index (χ1) is 15.6. The number of aromatic hydroxyl groups is 1. The SMILES string of the molecule is NC(=O)C1C(=O)C[C@@H]2[C@@H](O)[C@@H]3Cc4ccc(C5C=CCC5)c(O)c4C(=O)C3C(=O)[C@]2(O)C1=O. The number of hydrogen-bond acceptors (Lipinski definition) is 8.